The smallest absolute Gasteiger partial charge is 0.294 e. The van der Waals surface area contributed by atoms with Crippen LogP contribution in [0.1, 0.15) is 31.2 Å². The van der Waals surface area contributed by atoms with Crippen LogP contribution in [-0.2, 0) is 9.59 Å². The summed E-state index contributed by atoms with van der Waals surface area (Å²) in [5, 5.41) is -0.398. The average molecular weight is 652 g/mol. The van der Waals surface area contributed by atoms with Gasteiger partial charge < -0.3 is 9.64 Å². The topological polar surface area (TPSA) is 66.9 Å². The van der Waals surface area contributed by atoms with Crippen molar-refractivity contribution in [1.29, 1.82) is 0 Å². The largest absolute Gasteiger partial charge is 0.487 e. The summed E-state index contributed by atoms with van der Waals surface area (Å²) in [4.78, 5) is 41.0. The summed E-state index contributed by atoms with van der Waals surface area (Å²) in [6.07, 6.45) is 7.55. The van der Waals surface area contributed by atoms with Crippen LogP contribution < -0.4 is 4.74 Å². The minimum absolute atomic E-state index is 0.159. The zero-order valence-corrected chi connectivity index (χ0v) is 21.5. The Morgan fingerprint density at radius 3 is 2.37 bits per heavy atom. The van der Waals surface area contributed by atoms with Crippen LogP contribution in [0.2, 0.25) is 0 Å². The Morgan fingerprint density at radius 1 is 1.13 bits per heavy atom. The minimum atomic E-state index is -0.412. The van der Waals surface area contributed by atoms with Crippen LogP contribution in [0, 0.1) is 7.14 Å². The quantitative estimate of drug-likeness (QED) is 0.249. The van der Waals surface area contributed by atoms with E-state index in [1.54, 1.807) is 17.1 Å². The van der Waals surface area contributed by atoms with Gasteiger partial charge >= 0.3 is 0 Å². The average Bonchev–Trinajstić information content (AvgIpc) is 2.90. The molecule has 6 nitrogen and oxygen atoms in total. The molecule has 0 aliphatic carbocycles. The molecular formula is C21H22I2N2O4S. The van der Waals surface area contributed by atoms with Crippen molar-refractivity contribution in [3.8, 4) is 5.75 Å². The summed E-state index contributed by atoms with van der Waals surface area (Å²) in [6.45, 7) is 5.27. The molecule has 3 amide bonds. The third kappa shape index (κ3) is 5.78. The molecule has 2 aliphatic rings. The van der Waals surface area contributed by atoms with E-state index < -0.39 is 11.1 Å². The summed E-state index contributed by atoms with van der Waals surface area (Å²) in [5.41, 5.74) is 0.805. The standard InChI is InChI=1S/C21H22I2N2O4S/c1-2-9-29-19-15(22)10-14(11-16(19)23)12-17-20(27)25(21(28)30-17)13-18(26)24-7-5-3-4-6-8-24/h2,10-12H,1,3-9,13H2. The third-order valence-electron chi connectivity index (χ3n) is 4.79. The van der Waals surface area contributed by atoms with Crippen molar-refractivity contribution in [2.24, 2.45) is 0 Å². The SMILES string of the molecule is C=CCOc1c(I)cc(C=C2SC(=O)N(CC(=O)N3CCCCCC3)C2=O)cc1I. The van der Waals surface area contributed by atoms with E-state index in [1.165, 1.54) is 0 Å². The van der Waals surface area contributed by atoms with Gasteiger partial charge in [-0.1, -0.05) is 25.5 Å². The fourth-order valence-corrected chi connectivity index (χ4v) is 6.25. The van der Waals surface area contributed by atoms with Crippen molar-refractivity contribution in [2.75, 3.05) is 26.2 Å². The Bertz CT molecular complexity index is 872. The van der Waals surface area contributed by atoms with E-state index >= 15 is 0 Å². The van der Waals surface area contributed by atoms with E-state index in [9.17, 15) is 14.4 Å². The zero-order valence-electron chi connectivity index (χ0n) is 16.4. The fourth-order valence-electron chi connectivity index (χ4n) is 3.29. The van der Waals surface area contributed by atoms with Gasteiger partial charge in [-0.25, -0.2) is 0 Å². The lowest BCUT2D eigenvalue weighted by Crippen LogP contribution is -2.42. The number of rotatable bonds is 6. The lowest BCUT2D eigenvalue weighted by atomic mass is 10.2. The zero-order chi connectivity index (χ0) is 21.7. The summed E-state index contributed by atoms with van der Waals surface area (Å²) in [7, 11) is 0. The van der Waals surface area contributed by atoms with Gasteiger partial charge in [-0.05, 0) is 93.6 Å². The second-order valence-electron chi connectivity index (χ2n) is 6.98. The van der Waals surface area contributed by atoms with Crippen molar-refractivity contribution in [3.63, 3.8) is 0 Å². The lowest BCUT2D eigenvalue weighted by molar-refractivity contribution is -0.135. The molecule has 160 valence electrons. The van der Waals surface area contributed by atoms with Crippen molar-refractivity contribution in [3.05, 3.63) is 42.4 Å². The molecular weight excluding hydrogens is 630 g/mol. The van der Waals surface area contributed by atoms with Crippen LogP contribution >= 0.6 is 56.9 Å². The number of thioether (sulfide) groups is 1. The maximum atomic E-state index is 12.8. The van der Waals surface area contributed by atoms with Gasteiger partial charge in [-0.3, -0.25) is 19.3 Å². The van der Waals surface area contributed by atoms with Crippen molar-refractivity contribution >= 4 is 80.1 Å². The van der Waals surface area contributed by atoms with E-state index in [0.717, 1.165) is 60.8 Å². The number of carbonyl (C=O) groups is 3. The highest BCUT2D eigenvalue weighted by atomic mass is 127. The first kappa shape index (κ1) is 23.6. The fraction of sp³-hybridized carbons (Fsp3) is 0.381. The van der Waals surface area contributed by atoms with Crippen LogP contribution in [-0.4, -0.2) is 53.1 Å². The molecule has 0 atom stereocenters. The van der Waals surface area contributed by atoms with Crippen molar-refractivity contribution < 1.29 is 19.1 Å². The van der Waals surface area contributed by atoms with Crippen LogP contribution in [0.15, 0.2) is 29.7 Å². The second kappa shape index (κ2) is 11.0. The summed E-state index contributed by atoms with van der Waals surface area (Å²) in [6, 6.07) is 3.80. The number of likely N-dealkylation sites (tertiary alicyclic amines) is 1. The number of benzene rings is 1. The van der Waals surface area contributed by atoms with Gasteiger partial charge in [0.25, 0.3) is 11.1 Å². The van der Waals surface area contributed by atoms with Gasteiger partial charge in [0.05, 0.1) is 12.0 Å². The van der Waals surface area contributed by atoms with Crippen molar-refractivity contribution in [1.82, 2.24) is 9.80 Å². The molecule has 2 fully saturated rings. The van der Waals surface area contributed by atoms with Crippen molar-refractivity contribution in [2.45, 2.75) is 25.7 Å². The Balaban J connectivity index is 1.73. The summed E-state index contributed by atoms with van der Waals surface area (Å²) >= 11 is 5.24. The second-order valence-corrected chi connectivity index (χ2v) is 10.3. The van der Waals surface area contributed by atoms with Crippen LogP contribution in [0.25, 0.3) is 6.08 Å². The molecule has 0 bridgehead atoms. The van der Waals surface area contributed by atoms with Gasteiger partial charge in [0.15, 0.2) is 0 Å². The molecule has 30 heavy (non-hydrogen) atoms. The third-order valence-corrected chi connectivity index (χ3v) is 7.30. The van der Waals surface area contributed by atoms with Gasteiger partial charge in [0.1, 0.15) is 18.9 Å². The predicted octanol–water partition coefficient (Wildman–Crippen LogP) is 4.90. The highest BCUT2D eigenvalue weighted by molar-refractivity contribution is 14.1. The summed E-state index contributed by atoms with van der Waals surface area (Å²) < 4.78 is 7.49. The number of hydrogen-bond donors (Lipinski definition) is 0. The predicted molar refractivity (Wildman–Crippen MR) is 135 cm³/mol. The minimum Gasteiger partial charge on any atom is -0.487 e. The Hall–Kier alpha value is -1.08. The molecule has 9 heteroatoms. The van der Waals surface area contributed by atoms with E-state index in [2.05, 4.69) is 51.8 Å². The number of carbonyl (C=O) groups excluding carboxylic acids is 3. The highest BCUT2D eigenvalue weighted by Gasteiger charge is 2.37. The highest BCUT2D eigenvalue weighted by Crippen LogP contribution is 2.34. The maximum absolute atomic E-state index is 12.8. The number of ether oxygens (including phenoxy) is 1. The molecule has 0 unspecified atom stereocenters. The Kier molecular flexibility index (Phi) is 8.63. The molecule has 0 radical (unpaired) electrons. The normalized spacial score (nSPS) is 18.7. The number of hydrogen-bond acceptors (Lipinski definition) is 5. The van der Waals surface area contributed by atoms with Crippen LogP contribution in [0.4, 0.5) is 4.79 Å². The van der Waals surface area contributed by atoms with E-state index in [1.807, 2.05) is 12.1 Å². The molecule has 3 rings (SSSR count). The van der Waals surface area contributed by atoms with Crippen LogP contribution in [0.5, 0.6) is 5.75 Å². The van der Waals surface area contributed by atoms with Gasteiger partial charge in [0.2, 0.25) is 5.91 Å². The molecule has 1 aromatic rings. The first-order valence-corrected chi connectivity index (χ1v) is 12.6. The monoisotopic (exact) mass is 652 g/mol. The number of imide groups is 1. The Labute approximate surface area is 207 Å². The molecule has 0 N–H and O–H groups in total. The van der Waals surface area contributed by atoms with E-state index in [4.69, 9.17) is 4.74 Å². The first-order valence-electron chi connectivity index (χ1n) is 9.66. The molecule has 2 aliphatic heterocycles. The van der Waals surface area contributed by atoms with Crippen LogP contribution in [0.3, 0.4) is 0 Å². The number of amides is 3. The van der Waals surface area contributed by atoms with Gasteiger partial charge in [-0.15, -0.1) is 0 Å². The molecule has 0 spiro atoms. The van der Waals surface area contributed by atoms with Gasteiger partial charge in [0, 0.05) is 13.1 Å². The number of halogens is 2. The molecule has 1 aromatic carbocycles. The first-order chi connectivity index (χ1) is 14.4. The van der Waals surface area contributed by atoms with E-state index in [-0.39, 0.29) is 12.5 Å². The molecule has 2 heterocycles. The lowest BCUT2D eigenvalue weighted by Gasteiger charge is -2.22. The molecule has 2 saturated heterocycles. The molecule has 0 saturated carbocycles. The van der Waals surface area contributed by atoms with E-state index in [0.29, 0.717) is 24.6 Å². The Morgan fingerprint density at radius 2 is 1.77 bits per heavy atom. The maximum Gasteiger partial charge on any atom is 0.294 e. The van der Waals surface area contributed by atoms with Gasteiger partial charge in [-0.2, -0.15) is 0 Å². The summed E-state index contributed by atoms with van der Waals surface area (Å²) in [5.74, 6) is 0.197. The number of nitrogens with zero attached hydrogens (tertiary/aromatic N) is 2. The molecule has 0 aromatic heterocycles.